The molecule has 3 saturated heterocycles. The number of aromatic nitrogens is 6. The number of aromatic amines is 2. The Morgan fingerprint density at radius 1 is 0.783 bits per heavy atom. The third-order valence-electron chi connectivity index (χ3n) is 10.9. The van der Waals surface area contributed by atoms with E-state index >= 15 is 0 Å². The van der Waals surface area contributed by atoms with E-state index in [0.717, 1.165) is 13.7 Å². The predicted molar refractivity (Wildman–Crippen MR) is 261 cm³/mol. The van der Waals surface area contributed by atoms with Gasteiger partial charge < -0.3 is 52.7 Å². The topological polar surface area (TPSA) is 341 Å². The van der Waals surface area contributed by atoms with Gasteiger partial charge in [0.25, 0.3) is 11.1 Å². The van der Waals surface area contributed by atoms with Crippen LogP contribution in [0.4, 0.5) is 5.82 Å². The zero-order valence-electron chi connectivity index (χ0n) is 37.7. The lowest BCUT2D eigenvalue weighted by Crippen LogP contribution is -2.40. The molecule has 0 spiro atoms. The molecule has 0 amide bonds. The lowest BCUT2D eigenvalue weighted by Gasteiger charge is -2.33. The summed E-state index contributed by atoms with van der Waals surface area (Å²) in [6.45, 7) is -8.47. The van der Waals surface area contributed by atoms with E-state index in [1.54, 1.807) is 13.8 Å². The van der Waals surface area contributed by atoms with Crippen LogP contribution in [0.15, 0.2) is 42.6 Å². The van der Waals surface area contributed by atoms with Crippen LogP contribution in [-0.2, 0) is 85.9 Å². The summed E-state index contributed by atoms with van der Waals surface area (Å²) in [5, 5.41) is 0. The number of nitrogens with one attached hydrogen (secondary N) is 2. The van der Waals surface area contributed by atoms with Gasteiger partial charge in [-0.1, -0.05) is 19.2 Å². The van der Waals surface area contributed by atoms with Gasteiger partial charge in [0.1, 0.15) is 54.5 Å². The van der Waals surface area contributed by atoms with Gasteiger partial charge in [0, 0.05) is 61.2 Å². The number of rotatable bonds is 21. The normalized spacial score (nSPS) is 29.6. The number of H-pyrrole nitrogens is 2. The number of anilines is 1. The first kappa shape index (κ1) is 56.3. The molecule has 0 aromatic carbocycles. The summed E-state index contributed by atoms with van der Waals surface area (Å²) in [6, 6.07) is 0. The maximum Gasteiger partial charge on any atom is 0.386 e. The van der Waals surface area contributed by atoms with Crippen LogP contribution in [0.3, 0.4) is 0 Å². The van der Waals surface area contributed by atoms with Gasteiger partial charge in [-0.15, -0.1) is 0 Å². The highest BCUT2D eigenvalue weighted by molar-refractivity contribution is 8.44. The van der Waals surface area contributed by atoms with E-state index in [1.807, 2.05) is 0 Å². The predicted octanol–water partition coefficient (Wildman–Crippen LogP) is 2.14. The number of nitrogen functional groups attached to an aromatic ring is 1. The quantitative estimate of drug-likeness (QED) is 0.0593. The summed E-state index contributed by atoms with van der Waals surface area (Å²) in [7, 11) is 0. The van der Waals surface area contributed by atoms with Crippen LogP contribution >= 0.6 is 39.0 Å². The van der Waals surface area contributed by atoms with Crippen LogP contribution in [0, 0.1) is 20.8 Å². The van der Waals surface area contributed by atoms with Crippen LogP contribution in [0.25, 0.3) is 0 Å². The van der Waals surface area contributed by atoms with Gasteiger partial charge >= 0.3 is 37.3 Å². The Hall–Kier alpha value is -1.95. The van der Waals surface area contributed by atoms with Crippen LogP contribution in [0.2, 0.25) is 0 Å². The molecule has 0 radical (unpaired) electrons. The van der Waals surface area contributed by atoms with Gasteiger partial charge in [0.15, 0.2) is 6.49 Å². The zero-order chi connectivity index (χ0) is 51.0. The Balaban J connectivity index is 1.22. The summed E-state index contributed by atoms with van der Waals surface area (Å²) in [5.41, 5.74) is 1.32. The Morgan fingerprint density at radius 3 is 1.84 bits per heavy atom. The number of thiol groups is 1. The second-order valence-corrected chi connectivity index (χ2v) is 28.9. The van der Waals surface area contributed by atoms with Crippen molar-refractivity contribution in [2.75, 3.05) is 38.8 Å². The Kier molecular flexibility index (Phi) is 18.2. The highest BCUT2D eigenvalue weighted by atomic mass is 32.7. The van der Waals surface area contributed by atoms with Crippen LogP contribution in [0.5, 0.6) is 0 Å². The summed E-state index contributed by atoms with van der Waals surface area (Å²) in [6.07, 6.45) is -5.26. The average molecular weight is 1130 g/mol. The largest absolute Gasteiger partial charge is 0.386 e. The van der Waals surface area contributed by atoms with Crippen molar-refractivity contribution in [1.29, 1.82) is 0 Å². The molecule has 3 aromatic heterocycles. The van der Waals surface area contributed by atoms with Gasteiger partial charge in [0.05, 0.1) is 32.5 Å². The molecule has 7 N–H and O–H groups in total. The van der Waals surface area contributed by atoms with E-state index < -0.39 is 123 Å². The van der Waals surface area contributed by atoms with Gasteiger partial charge in [0.2, 0.25) is 0 Å². The maximum absolute atomic E-state index is 14.1. The molecule has 69 heavy (non-hydrogen) atoms. The van der Waals surface area contributed by atoms with Crippen molar-refractivity contribution in [3.63, 3.8) is 0 Å². The van der Waals surface area contributed by atoms with Crippen molar-refractivity contribution < 1.29 is 65.1 Å². The third kappa shape index (κ3) is 14.6. The van der Waals surface area contributed by atoms with Crippen molar-refractivity contribution in [1.82, 2.24) is 28.7 Å². The Bertz CT molecular complexity index is 2900. The number of nitrogens with zero attached hydrogens (tertiary/aromatic N) is 4. The van der Waals surface area contributed by atoms with Gasteiger partial charge in [-0.2, -0.15) is 4.98 Å². The molecule has 3 aromatic rings. The molecule has 386 valence electrons. The molecule has 3 aliphatic heterocycles. The fourth-order valence-electron chi connectivity index (χ4n) is 7.43. The molecule has 3 aliphatic rings. The number of nitrogens with two attached hydrogens (primary N) is 1. The smallest absolute Gasteiger partial charge is 0.383 e. The fraction of sp³-hybridized carbons (Fsp3) is 0.657. The van der Waals surface area contributed by atoms with Crippen molar-refractivity contribution >= 4 is 80.2 Å². The highest BCUT2D eigenvalue weighted by Gasteiger charge is 2.52. The minimum atomic E-state index is -4.49. The van der Waals surface area contributed by atoms with E-state index in [-0.39, 0.29) is 49.4 Å². The lowest BCUT2D eigenvalue weighted by molar-refractivity contribution is -0.0737. The molecule has 0 aliphatic carbocycles. The highest BCUT2D eigenvalue weighted by Crippen LogP contribution is 2.59. The van der Waals surface area contributed by atoms with Gasteiger partial charge in [-0.3, -0.25) is 46.8 Å². The molecular weight excluding hydrogens is 1070 g/mol. The third-order valence-corrected chi connectivity index (χ3v) is 16.8. The first-order chi connectivity index (χ1) is 32.0. The fourth-order valence-corrected chi connectivity index (χ4v) is 12.9. The van der Waals surface area contributed by atoms with Crippen LogP contribution in [0.1, 0.15) is 74.9 Å². The van der Waals surface area contributed by atoms with Crippen molar-refractivity contribution in [3.05, 3.63) is 87.4 Å². The summed E-state index contributed by atoms with van der Waals surface area (Å²) in [5.74, 6) is -0.0334. The van der Waals surface area contributed by atoms with Crippen molar-refractivity contribution in [2.45, 2.75) is 115 Å². The molecule has 34 heteroatoms. The Labute approximate surface area is 413 Å². The zero-order valence-corrected chi connectivity index (χ0v) is 44.6. The second-order valence-electron chi connectivity index (χ2n) is 16.6. The van der Waals surface area contributed by atoms with Gasteiger partial charge in [-0.25, -0.2) is 18.9 Å². The minimum Gasteiger partial charge on any atom is -0.383 e. The minimum absolute atomic E-state index is 0.0334. The molecule has 6 heterocycles. The van der Waals surface area contributed by atoms with E-state index in [1.165, 1.54) is 46.0 Å². The van der Waals surface area contributed by atoms with Gasteiger partial charge in [-0.05, 0) is 69.5 Å². The lowest BCUT2D eigenvalue weighted by atomic mass is 9.98. The number of hydrogen-bond acceptors (Lipinski definition) is 21. The monoisotopic (exact) mass is 1130 g/mol. The molecule has 3 fully saturated rings. The molecular formula is C35H53N7O19P4S4. The average Bonchev–Trinajstić information content (AvgIpc) is 3.92. The molecule has 4 unspecified atom stereocenters. The van der Waals surface area contributed by atoms with Crippen LogP contribution < -0.4 is 33.9 Å². The SMILES string of the molecule is CCCOP(O)(=S)O[C@@H]1C[C@H](n2cc(C)c(=O)[nH]c2=O)O[C@@H]1COP(O)(=S)O[C@@]1(C)C[C@H](n2cc(C)c(N)nc2=O)O[C@@H]1COP(=O)(S)O[C@@H]1C[C@H](n2cc(C)c(=O)[nH]c2=O)O[C@@H]1COP(C)(O)=S. The summed E-state index contributed by atoms with van der Waals surface area (Å²) in [4.78, 5) is 104. The number of ether oxygens (including phenoxy) is 3. The second kappa shape index (κ2) is 22.3. The summed E-state index contributed by atoms with van der Waals surface area (Å²) < 4.78 is 76.0. The maximum atomic E-state index is 14.1. The molecule has 26 nitrogen and oxygen atoms in total. The number of hydrogen-bond donors (Lipinski definition) is 7. The number of aryl methyl sites for hydroxylation is 3. The first-order valence-electron chi connectivity index (χ1n) is 20.9. The summed E-state index contributed by atoms with van der Waals surface area (Å²) >= 11 is 19.9. The Morgan fingerprint density at radius 2 is 1.30 bits per heavy atom. The molecule has 0 bridgehead atoms. The first-order valence-corrected chi connectivity index (χ1v) is 31.9. The van der Waals surface area contributed by atoms with E-state index in [9.17, 15) is 43.2 Å². The van der Waals surface area contributed by atoms with E-state index in [0.29, 0.717) is 12.0 Å². The van der Waals surface area contributed by atoms with Crippen LogP contribution in [-0.4, -0.2) is 113 Å². The van der Waals surface area contributed by atoms with E-state index in [2.05, 4.69) is 27.2 Å². The standard InChI is InChI=1S/C35H53N7O19P4S4/c1-7-8-52-63(49,67)59-22-10-27(41-14-20(4)31(44)39-34(41)47)57-24(22)16-54-65(51,69)61-35(5)11-28(42-12-18(2)29(36)37-32(42)45)58-25(35)17-55-64(50,68)60-21-9-26(56-23(21)15-53-62(6,48)66)40-13-19(3)30(43)38-33(40)46/h12-14,21-28H,7-11,15-17H2,1-6H3,(H,48,66)(H,49,67)(H,50,68)(H,51,69)(H2,36,37,45)(H,38,43,46)(H,39,44,47)/t21-,22-,23-,24-,25-,26-,27-,28-,35+,62?,63?,64?,65?/m1/s1. The molecule has 0 saturated carbocycles. The molecule has 13 atom stereocenters. The van der Waals surface area contributed by atoms with E-state index in [4.69, 9.17) is 87.0 Å². The van der Waals surface area contributed by atoms with Crippen molar-refractivity contribution in [3.8, 4) is 0 Å². The van der Waals surface area contributed by atoms with Crippen molar-refractivity contribution in [2.24, 2.45) is 0 Å². The molecule has 6 rings (SSSR count).